The van der Waals surface area contributed by atoms with Gasteiger partial charge in [0.25, 0.3) is 0 Å². The van der Waals surface area contributed by atoms with Gasteiger partial charge in [-0.1, -0.05) is 0 Å². The maximum Gasteiger partial charge on any atom is 2.00 e. The average molecular weight is 219 g/mol. The Morgan fingerprint density at radius 1 is 0.727 bits per heavy atom. The topological polar surface area (TPSA) is 245 Å². The first-order valence-corrected chi connectivity index (χ1v) is 0.730. The maximum atomic E-state index is 8.00. The van der Waals surface area contributed by atoms with Crippen molar-refractivity contribution in [2.24, 2.45) is 10.7 Å². The number of nitrogens with zero attached hydrogens (tertiary/aromatic N) is 2. The summed E-state index contributed by atoms with van der Waals surface area (Å²) in [6.07, 6.45) is 0. The maximum absolute atomic E-state index is 8.00. The summed E-state index contributed by atoms with van der Waals surface area (Å²) in [6.45, 7) is 0. The third-order valence-electron chi connectivity index (χ3n) is 0. The van der Waals surface area contributed by atoms with Crippen LogP contribution >= 0.6 is 0 Å². The zero-order chi connectivity index (χ0) is 5.41. The van der Waals surface area contributed by atoms with Crippen LogP contribution in [-0.2, 0) is 16.5 Å². The van der Waals surface area contributed by atoms with Gasteiger partial charge in [-0.15, -0.1) is 10.7 Å². The van der Waals surface area contributed by atoms with Crippen LogP contribution in [0, 0.1) is 20.2 Å². The van der Waals surface area contributed by atoms with E-state index in [1.54, 1.807) is 0 Å². The van der Waals surface area contributed by atoms with Crippen LogP contribution in [0.5, 0.6) is 0 Å². The average Bonchev–Trinajstić information content (AvgIpc) is 1.39. The van der Waals surface area contributed by atoms with Gasteiger partial charge >= 0.3 is 16.5 Å². The summed E-state index contributed by atoms with van der Waals surface area (Å²) < 4.78 is 0. The SMILES string of the molecule is N.N.N.N.O=N[O-].O=N[O-].[Ni+2]. The van der Waals surface area contributed by atoms with Gasteiger partial charge in [0.05, 0.1) is 0 Å². The first-order valence-electron chi connectivity index (χ1n) is 0.730. The van der Waals surface area contributed by atoms with E-state index < -0.39 is 0 Å². The molecule has 12 N–H and O–H groups in total. The van der Waals surface area contributed by atoms with Gasteiger partial charge in [-0.2, -0.15) is 0 Å². The molecule has 0 rings (SSSR count). The summed E-state index contributed by atoms with van der Waals surface area (Å²) in [5.74, 6) is 0. The van der Waals surface area contributed by atoms with Gasteiger partial charge in [-0.3, -0.25) is 0 Å². The molecule has 11 heteroatoms. The van der Waals surface area contributed by atoms with Crippen molar-refractivity contribution < 1.29 is 16.5 Å². The molecular formula is H12N6NiO4. The van der Waals surface area contributed by atoms with Gasteiger partial charge in [-0.25, -0.2) is 0 Å². The van der Waals surface area contributed by atoms with Crippen LogP contribution in [0.3, 0.4) is 0 Å². The molecule has 0 bridgehead atoms. The monoisotopic (exact) mass is 218 g/mol. The third-order valence-corrected chi connectivity index (χ3v) is 0. The standard InChI is InChI=1S/2HNO2.4H3N.Ni/c2*2-1-3;;;;;/h2*(H,2,3);4*1H3;/q;;;;;;+2/p-2. The Morgan fingerprint density at radius 2 is 0.727 bits per heavy atom. The van der Waals surface area contributed by atoms with Crippen molar-refractivity contribution in [3.63, 3.8) is 0 Å². The predicted molar refractivity (Wildman–Crippen MR) is 38.4 cm³/mol. The van der Waals surface area contributed by atoms with E-state index in [1.807, 2.05) is 0 Å². The van der Waals surface area contributed by atoms with Crippen LogP contribution < -0.4 is 24.6 Å². The molecule has 0 aliphatic rings. The molecule has 11 heavy (non-hydrogen) atoms. The molecule has 0 aliphatic heterocycles. The van der Waals surface area contributed by atoms with E-state index in [0.717, 1.165) is 10.7 Å². The minimum Gasteiger partial charge on any atom is -0.444 e. The normalized spacial score (nSPS) is 2.18. The van der Waals surface area contributed by atoms with Gasteiger partial charge in [-0.05, 0) is 0 Å². The molecule has 0 saturated carbocycles. The van der Waals surface area contributed by atoms with E-state index in [4.69, 9.17) is 20.2 Å². The fourth-order valence-corrected chi connectivity index (χ4v) is 0. The minimum absolute atomic E-state index is 0. The first-order chi connectivity index (χ1) is 2.83. The second-order valence-electron chi connectivity index (χ2n) is 0.149. The molecule has 0 saturated heterocycles. The Labute approximate surface area is 72.9 Å². The van der Waals surface area contributed by atoms with Crippen LogP contribution in [0.1, 0.15) is 0 Å². The summed E-state index contributed by atoms with van der Waals surface area (Å²) >= 11 is 0. The fourth-order valence-electron chi connectivity index (χ4n) is 0. The summed E-state index contributed by atoms with van der Waals surface area (Å²) in [6, 6.07) is 0. The van der Waals surface area contributed by atoms with Crippen molar-refractivity contribution >= 4 is 0 Å². The van der Waals surface area contributed by atoms with Crippen molar-refractivity contribution in [3.8, 4) is 0 Å². The zero-order valence-electron chi connectivity index (χ0n) is 5.67. The van der Waals surface area contributed by atoms with Crippen LogP contribution in [0.15, 0.2) is 10.7 Å². The summed E-state index contributed by atoms with van der Waals surface area (Å²) in [5.41, 5.74) is 0. The third kappa shape index (κ3) is 619. The number of hydrogen-bond acceptors (Lipinski definition) is 10. The Balaban J connectivity index is -0.00000000400. The van der Waals surface area contributed by atoms with Crippen LogP contribution in [-0.4, -0.2) is 0 Å². The number of rotatable bonds is 0. The second-order valence-corrected chi connectivity index (χ2v) is 0.149. The minimum atomic E-state index is 0. The van der Waals surface area contributed by atoms with Gasteiger partial charge in [0, 0.05) is 0 Å². The molecule has 0 spiro atoms. The number of hydrogen-bond donors (Lipinski definition) is 4. The molecule has 0 fully saturated rings. The molecule has 0 aliphatic carbocycles. The van der Waals surface area contributed by atoms with Gasteiger partial charge in [0.1, 0.15) is 0 Å². The smallest absolute Gasteiger partial charge is 0.444 e. The molecule has 0 aromatic carbocycles. The largest absolute Gasteiger partial charge is 2.00 e. The Morgan fingerprint density at radius 3 is 0.727 bits per heavy atom. The molecule has 0 heterocycles. The van der Waals surface area contributed by atoms with Gasteiger partial charge in [0.15, 0.2) is 0 Å². The molecule has 0 atom stereocenters. The molecule has 0 aromatic rings. The summed E-state index contributed by atoms with van der Waals surface area (Å²) in [5, 5.41) is 18.0. The van der Waals surface area contributed by atoms with Crippen molar-refractivity contribution in [2.45, 2.75) is 0 Å². The molecule has 10 nitrogen and oxygen atoms in total. The van der Waals surface area contributed by atoms with Crippen LogP contribution in [0.4, 0.5) is 0 Å². The Kier molecular flexibility index (Phi) is 3680. The fraction of sp³-hybridized carbons (Fsp3) is 0. The summed E-state index contributed by atoms with van der Waals surface area (Å²) in [7, 11) is 0. The van der Waals surface area contributed by atoms with Crippen LogP contribution in [0.2, 0.25) is 0 Å². The Bertz CT molecular complexity index is 35.6. The van der Waals surface area contributed by atoms with E-state index in [1.165, 1.54) is 0 Å². The van der Waals surface area contributed by atoms with Gasteiger partial charge in [0.2, 0.25) is 0 Å². The quantitative estimate of drug-likeness (QED) is 0.260. The molecular weight excluding hydrogens is 207 g/mol. The molecule has 76 valence electrons. The van der Waals surface area contributed by atoms with Crippen molar-refractivity contribution in [1.29, 1.82) is 0 Å². The predicted octanol–water partition coefficient (Wildman–Crippen LogP) is 1.15. The van der Waals surface area contributed by atoms with Crippen molar-refractivity contribution in [2.75, 3.05) is 0 Å². The summed E-state index contributed by atoms with van der Waals surface area (Å²) in [4.78, 5) is 16.0. The molecule has 0 aromatic heterocycles. The van der Waals surface area contributed by atoms with Gasteiger partial charge < -0.3 is 44.8 Å². The van der Waals surface area contributed by atoms with Crippen molar-refractivity contribution in [1.82, 2.24) is 24.6 Å². The molecule has 0 radical (unpaired) electrons. The van der Waals surface area contributed by atoms with E-state index in [9.17, 15) is 0 Å². The van der Waals surface area contributed by atoms with E-state index in [2.05, 4.69) is 0 Å². The second kappa shape index (κ2) is 470. The molecule has 0 unspecified atom stereocenters. The van der Waals surface area contributed by atoms with Crippen molar-refractivity contribution in [3.05, 3.63) is 20.2 Å². The van der Waals surface area contributed by atoms with E-state index in [-0.39, 0.29) is 41.1 Å². The Hall–Kier alpha value is -0.866. The first kappa shape index (κ1) is 86.1. The zero-order valence-corrected chi connectivity index (χ0v) is 6.66. The molecule has 0 amide bonds. The van der Waals surface area contributed by atoms with E-state index >= 15 is 0 Å². The van der Waals surface area contributed by atoms with Crippen LogP contribution in [0.25, 0.3) is 0 Å². The van der Waals surface area contributed by atoms with E-state index in [0.29, 0.717) is 0 Å².